The molecular weight excluding hydrogens is 360 g/mol. The van der Waals surface area contributed by atoms with Crippen LogP contribution in [0.4, 0.5) is 11.4 Å². The van der Waals surface area contributed by atoms with Crippen molar-refractivity contribution in [2.75, 3.05) is 11.9 Å². The maximum atomic E-state index is 12.3. The van der Waals surface area contributed by atoms with Crippen LogP contribution in [0.15, 0.2) is 53.6 Å². The zero-order valence-electron chi connectivity index (χ0n) is 15.4. The molecule has 0 atom stereocenters. The highest BCUT2D eigenvalue weighted by atomic mass is 16.6. The van der Waals surface area contributed by atoms with Gasteiger partial charge >= 0.3 is 0 Å². The van der Waals surface area contributed by atoms with Crippen molar-refractivity contribution in [1.82, 2.24) is 5.01 Å². The first-order valence-corrected chi connectivity index (χ1v) is 8.92. The van der Waals surface area contributed by atoms with Gasteiger partial charge in [-0.05, 0) is 18.6 Å². The number of benzene rings is 2. The minimum atomic E-state index is -0.496. The second-order valence-corrected chi connectivity index (χ2v) is 6.49. The van der Waals surface area contributed by atoms with Crippen molar-refractivity contribution in [1.29, 1.82) is 0 Å². The topological polar surface area (TPSA) is 105 Å². The molecule has 2 aromatic rings. The quantitative estimate of drug-likeness (QED) is 0.613. The van der Waals surface area contributed by atoms with Crippen LogP contribution in [0.5, 0.6) is 0 Å². The molecule has 1 aliphatic rings. The predicted octanol–water partition coefficient (Wildman–Crippen LogP) is 3.26. The molecule has 1 heterocycles. The number of carbonyl (C=O) groups excluding carboxylic acids is 2. The number of hydrogen-bond donors (Lipinski definition) is 1. The number of aryl methyl sites for hydroxylation is 1. The van der Waals surface area contributed by atoms with Crippen LogP contribution in [-0.4, -0.2) is 34.0 Å². The monoisotopic (exact) mass is 380 g/mol. The van der Waals surface area contributed by atoms with Crippen molar-refractivity contribution in [3.8, 4) is 0 Å². The fraction of sp³-hybridized carbons (Fsp3) is 0.250. The number of nitrogens with zero attached hydrogens (tertiary/aromatic N) is 3. The third-order valence-electron chi connectivity index (χ3n) is 4.45. The van der Waals surface area contributed by atoms with Gasteiger partial charge in [0.25, 0.3) is 5.69 Å². The first kappa shape index (κ1) is 19.2. The van der Waals surface area contributed by atoms with Crippen molar-refractivity contribution in [3.63, 3.8) is 0 Å². The number of carbonyl (C=O) groups is 2. The summed E-state index contributed by atoms with van der Waals surface area (Å²) in [4.78, 5) is 34.9. The van der Waals surface area contributed by atoms with Crippen LogP contribution in [0.2, 0.25) is 0 Å². The summed E-state index contributed by atoms with van der Waals surface area (Å²) in [5.74, 6) is -0.603. The van der Waals surface area contributed by atoms with Crippen LogP contribution < -0.4 is 5.32 Å². The summed E-state index contributed by atoms with van der Waals surface area (Å²) in [5, 5.41) is 19.3. The molecule has 1 aliphatic heterocycles. The SMILES string of the molecule is Cc1ccc(NC(=O)CCC(=O)N2CCC(c3ccccc3)=N2)cc1[N+](=O)[O-]. The van der Waals surface area contributed by atoms with Gasteiger partial charge in [0.15, 0.2) is 0 Å². The van der Waals surface area contributed by atoms with E-state index in [0.717, 1.165) is 11.3 Å². The van der Waals surface area contributed by atoms with Crippen molar-refractivity contribution in [3.05, 3.63) is 69.8 Å². The molecule has 8 heteroatoms. The van der Waals surface area contributed by atoms with Gasteiger partial charge in [0.2, 0.25) is 11.8 Å². The van der Waals surface area contributed by atoms with Gasteiger partial charge in [0.05, 0.1) is 17.2 Å². The van der Waals surface area contributed by atoms with Gasteiger partial charge in [0.1, 0.15) is 0 Å². The second kappa shape index (κ2) is 8.43. The molecule has 0 fully saturated rings. The average molecular weight is 380 g/mol. The summed E-state index contributed by atoms with van der Waals surface area (Å²) < 4.78 is 0. The Morgan fingerprint density at radius 3 is 2.64 bits per heavy atom. The minimum absolute atomic E-state index is 0.0192. The summed E-state index contributed by atoms with van der Waals surface area (Å²) in [6, 6.07) is 14.1. The fourth-order valence-corrected chi connectivity index (χ4v) is 2.93. The van der Waals surface area contributed by atoms with Gasteiger partial charge in [-0.3, -0.25) is 19.7 Å². The molecule has 0 radical (unpaired) electrons. The zero-order chi connectivity index (χ0) is 20.1. The zero-order valence-corrected chi connectivity index (χ0v) is 15.4. The molecule has 0 aliphatic carbocycles. The Morgan fingerprint density at radius 1 is 1.18 bits per heavy atom. The van der Waals surface area contributed by atoms with E-state index >= 15 is 0 Å². The van der Waals surface area contributed by atoms with Crippen LogP contribution in [-0.2, 0) is 9.59 Å². The molecule has 0 saturated carbocycles. The average Bonchev–Trinajstić information content (AvgIpc) is 3.18. The van der Waals surface area contributed by atoms with Crippen LogP contribution in [0.1, 0.15) is 30.4 Å². The lowest BCUT2D eigenvalue weighted by Crippen LogP contribution is -2.25. The number of rotatable bonds is 6. The summed E-state index contributed by atoms with van der Waals surface area (Å²) in [6.45, 7) is 2.12. The van der Waals surface area contributed by atoms with E-state index in [0.29, 0.717) is 24.2 Å². The smallest absolute Gasteiger partial charge is 0.274 e. The van der Waals surface area contributed by atoms with E-state index in [1.165, 1.54) is 11.1 Å². The van der Waals surface area contributed by atoms with E-state index in [1.807, 2.05) is 30.3 Å². The maximum Gasteiger partial charge on any atom is 0.274 e. The third-order valence-corrected chi connectivity index (χ3v) is 4.45. The summed E-state index contributed by atoms with van der Waals surface area (Å²) in [6.07, 6.45) is 0.674. The normalized spacial score (nSPS) is 13.2. The van der Waals surface area contributed by atoms with Crippen LogP contribution in [0.25, 0.3) is 0 Å². The Hall–Kier alpha value is -3.55. The first-order chi connectivity index (χ1) is 13.4. The molecule has 0 saturated heterocycles. The highest BCUT2D eigenvalue weighted by molar-refractivity contribution is 6.02. The largest absolute Gasteiger partial charge is 0.326 e. The molecule has 1 N–H and O–H groups in total. The minimum Gasteiger partial charge on any atom is -0.326 e. The number of nitrogens with one attached hydrogen (secondary N) is 1. The van der Waals surface area contributed by atoms with Gasteiger partial charge in [-0.1, -0.05) is 36.4 Å². The summed E-state index contributed by atoms with van der Waals surface area (Å²) in [5.41, 5.74) is 2.62. The Labute approximate surface area is 162 Å². The summed E-state index contributed by atoms with van der Waals surface area (Å²) >= 11 is 0. The van der Waals surface area contributed by atoms with Gasteiger partial charge in [-0.15, -0.1) is 0 Å². The third kappa shape index (κ3) is 4.59. The second-order valence-electron chi connectivity index (χ2n) is 6.49. The molecule has 0 aromatic heterocycles. The first-order valence-electron chi connectivity index (χ1n) is 8.92. The van der Waals surface area contributed by atoms with Crippen molar-refractivity contribution >= 4 is 28.9 Å². The Kier molecular flexibility index (Phi) is 5.78. The number of amides is 2. The predicted molar refractivity (Wildman–Crippen MR) is 105 cm³/mol. The standard InChI is InChI=1S/C20H20N4O4/c1-14-7-8-16(13-18(14)24(27)28)21-19(25)9-10-20(26)23-12-11-17(22-23)15-5-3-2-4-6-15/h2-8,13H,9-12H2,1H3,(H,21,25). The molecule has 0 bridgehead atoms. The van der Waals surface area contributed by atoms with E-state index in [9.17, 15) is 19.7 Å². The molecule has 8 nitrogen and oxygen atoms in total. The van der Waals surface area contributed by atoms with Gasteiger partial charge in [-0.2, -0.15) is 5.10 Å². The molecule has 2 aromatic carbocycles. The number of anilines is 1. The lowest BCUT2D eigenvalue weighted by Gasteiger charge is -2.11. The number of hydrazone groups is 1. The van der Waals surface area contributed by atoms with E-state index < -0.39 is 4.92 Å². The highest BCUT2D eigenvalue weighted by Crippen LogP contribution is 2.22. The number of nitro benzene ring substituents is 1. The van der Waals surface area contributed by atoms with Crippen LogP contribution in [0.3, 0.4) is 0 Å². The maximum absolute atomic E-state index is 12.3. The number of hydrogen-bond acceptors (Lipinski definition) is 5. The molecule has 0 spiro atoms. The molecule has 3 rings (SSSR count). The Bertz CT molecular complexity index is 940. The number of nitro groups is 1. The van der Waals surface area contributed by atoms with Gasteiger partial charge in [-0.25, -0.2) is 5.01 Å². The van der Waals surface area contributed by atoms with Crippen molar-refractivity contribution in [2.45, 2.75) is 26.2 Å². The van der Waals surface area contributed by atoms with E-state index in [1.54, 1.807) is 19.1 Å². The van der Waals surface area contributed by atoms with E-state index in [2.05, 4.69) is 10.4 Å². The van der Waals surface area contributed by atoms with E-state index in [-0.39, 0.29) is 30.3 Å². The summed E-state index contributed by atoms with van der Waals surface area (Å²) in [7, 11) is 0. The van der Waals surface area contributed by atoms with Crippen molar-refractivity contribution in [2.24, 2.45) is 5.10 Å². The Morgan fingerprint density at radius 2 is 1.93 bits per heavy atom. The molecule has 28 heavy (non-hydrogen) atoms. The van der Waals surface area contributed by atoms with Gasteiger partial charge < -0.3 is 5.32 Å². The lowest BCUT2D eigenvalue weighted by atomic mass is 10.1. The highest BCUT2D eigenvalue weighted by Gasteiger charge is 2.22. The van der Waals surface area contributed by atoms with E-state index in [4.69, 9.17) is 0 Å². The van der Waals surface area contributed by atoms with Crippen LogP contribution in [0, 0.1) is 17.0 Å². The molecule has 0 unspecified atom stereocenters. The fourth-order valence-electron chi connectivity index (χ4n) is 2.93. The molecule has 2 amide bonds. The van der Waals surface area contributed by atoms with Crippen LogP contribution >= 0.6 is 0 Å². The Balaban J connectivity index is 1.54. The lowest BCUT2D eigenvalue weighted by molar-refractivity contribution is -0.385. The molecule has 144 valence electrons. The van der Waals surface area contributed by atoms with Gasteiger partial charge in [0, 0.05) is 36.6 Å². The molecular formula is C20H20N4O4. The van der Waals surface area contributed by atoms with Crippen molar-refractivity contribution < 1.29 is 14.5 Å².